The monoisotopic (exact) mass is 140 g/mol. The van der Waals surface area contributed by atoms with Gasteiger partial charge in [-0.05, 0) is 12.3 Å². The minimum atomic E-state index is -0.714. The van der Waals surface area contributed by atoms with E-state index in [1.54, 1.807) is 6.08 Å². The van der Waals surface area contributed by atoms with Crippen LogP contribution in [0.15, 0.2) is 12.7 Å². The molecule has 0 aliphatic heterocycles. The lowest BCUT2D eigenvalue weighted by atomic mass is 10.0. The molecular formula is C8H12O2. The zero-order valence-corrected chi connectivity index (χ0v) is 6.13. The van der Waals surface area contributed by atoms with E-state index < -0.39 is 11.4 Å². The maximum Gasteiger partial charge on any atom is 0.313 e. The summed E-state index contributed by atoms with van der Waals surface area (Å²) < 4.78 is 0. The van der Waals surface area contributed by atoms with Gasteiger partial charge < -0.3 is 5.11 Å². The Bertz CT molecular complexity index is 174. The van der Waals surface area contributed by atoms with Gasteiger partial charge in [-0.1, -0.05) is 19.4 Å². The van der Waals surface area contributed by atoms with Gasteiger partial charge in [0, 0.05) is 0 Å². The molecule has 0 spiro atoms. The normalized spacial score (nSPS) is 37.1. The van der Waals surface area contributed by atoms with Gasteiger partial charge in [0.1, 0.15) is 0 Å². The molecule has 1 rings (SSSR count). The van der Waals surface area contributed by atoms with E-state index in [1.807, 2.05) is 6.92 Å². The minimum absolute atomic E-state index is 0.336. The first kappa shape index (κ1) is 7.32. The Hall–Kier alpha value is -0.790. The molecule has 1 saturated carbocycles. The molecule has 0 amide bonds. The third-order valence-corrected chi connectivity index (χ3v) is 2.41. The average Bonchev–Trinajstić information content (AvgIpc) is 2.62. The molecule has 1 aliphatic carbocycles. The molecule has 2 heteroatoms. The van der Waals surface area contributed by atoms with Gasteiger partial charge in [-0.15, -0.1) is 6.58 Å². The van der Waals surface area contributed by atoms with Crippen molar-refractivity contribution in [3.8, 4) is 0 Å². The van der Waals surface area contributed by atoms with Gasteiger partial charge in [0.15, 0.2) is 0 Å². The Balaban J connectivity index is 2.67. The quantitative estimate of drug-likeness (QED) is 0.605. The second kappa shape index (κ2) is 2.11. The van der Waals surface area contributed by atoms with E-state index in [-0.39, 0.29) is 0 Å². The van der Waals surface area contributed by atoms with Crippen LogP contribution in [-0.2, 0) is 4.79 Å². The lowest BCUT2D eigenvalue weighted by Gasteiger charge is -2.02. The fourth-order valence-corrected chi connectivity index (χ4v) is 1.46. The van der Waals surface area contributed by atoms with Crippen LogP contribution < -0.4 is 0 Å². The third-order valence-electron chi connectivity index (χ3n) is 2.41. The van der Waals surface area contributed by atoms with Crippen LogP contribution in [0, 0.1) is 11.3 Å². The van der Waals surface area contributed by atoms with Crippen LogP contribution in [0.3, 0.4) is 0 Å². The van der Waals surface area contributed by atoms with Crippen molar-refractivity contribution in [2.45, 2.75) is 19.8 Å². The molecule has 10 heavy (non-hydrogen) atoms. The fourth-order valence-electron chi connectivity index (χ4n) is 1.46. The Morgan fingerprint density at radius 2 is 2.60 bits per heavy atom. The molecule has 0 heterocycles. The highest BCUT2D eigenvalue weighted by molar-refractivity contribution is 5.81. The van der Waals surface area contributed by atoms with Crippen LogP contribution in [0.25, 0.3) is 0 Å². The topological polar surface area (TPSA) is 37.3 Å². The summed E-state index contributed by atoms with van der Waals surface area (Å²) in [6.07, 6.45) is 3.30. The SMILES string of the molecule is C=C[C@]1(C(=O)O)C[C@@H]1CC. The zero-order valence-electron chi connectivity index (χ0n) is 6.13. The summed E-state index contributed by atoms with van der Waals surface area (Å²) in [6, 6.07) is 0. The van der Waals surface area contributed by atoms with Gasteiger partial charge in [0.05, 0.1) is 5.41 Å². The fraction of sp³-hybridized carbons (Fsp3) is 0.625. The third kappa shape index (κ3) is 0.753. The predicted molar refractivity (Wildman–Crippen MR) is 38.7 cm³/mol. The molecule has 0 aromatic rings. The van der Waals surface area contributed by atoms with E-state index in [9.17, 15) is 4.79 Å². The summed E-state index contributed by atoms with van der Waals surface area (Å²) in [4.78, 5) is 10.6. The molecule has 2 nitrogen and oxygen atoms in total. The summed E-state index contributed by atoms with van der Waals surface area (Å²) >= 11 is 0. The molecule has 1 aliphatic rings. The van der Waals surface area contributed by atoms with Crippen molar-refractivity contribution >= 4 is 5.97 Å². The zero-order chi connectivity index (χ0) is 7.78. The number of hydrogen-bond acceptors (Lipinski definition) is 1. The predicted octanol–water partition coefficient (Wildman–Crippen LogP) is 1.67. The molecule has 0 saturated heterocycles. The van der Waals surface area contributed by atoms with Crippen molar-refractivity contribution in [2.24, 2.45) is 11.3 Å². The number of carboxylic acids is 1. The van der Waals surface area contributed by atoms with Crippen molar-refractivity contribution in [1.29, 1.82) is 0 Å². The highest BCUT2D eigenvalue weighted by Crippen LogP contribution is 2.55. The van der Waals surface area contributed by atoms with Crippen LogP contribution in [0.2, 0.25) is 0 Å². The molecule has 1 fully saturated rings. The first-order valence-electron chi connectivity index (χ1n) is 3.54. The maximum atomic E-state index is 10.6. The average molecular weight is 140 g/mol. The van der Waals surface area contributed by atoms with Crippen molar-refractivity contribution in [1.82, 2.24) is 0 Å². The van der Waals surface area contributed by atoms with Gasteiger partial charge >= 0.3 is 5.97 Å². The van der Waals surface area contributed by atoms with Crippen LogP contribution >= 0.6 is 0 Å². The second-order valence-corrected chi connectivity index (χ2v) is 2.86. The molecule has 0 aromatic carbocycles. The summed E-state index contributed by atoms with van der Waals surface area (Å²) in [5.74, 6) is -0.378. The van der Waals surface area contributed by atoms with Gasteiger partial charge in [0.2, 0.25) is 0 Å². The molecule has 56 valence electrons. The van der Waals surface area contributed by atoms with Gasteiger partial charge in [-0.3, -0.25) is 4.79 Å². The Morgan fingerprint density at radius 1 is 2.00 bits per heavy atom. The lowest BCUT2D eigenvalue weighted by molar-refractivity contribution is -0.141. The van der Waals surface area contributed by atoms with Crippen LogP contribution in [-0.4, -0.2) is 11.1 Å². The summed E-state index contributed by atoms with van der Waals surface area (Å²) in [7, 11) is 0. The Kier molecular flexibility index (Phi) is 1.55. The van der Waals surface area contributed by atoms with Crippen molar-refractivity contribution in [3.05, 3.63) is 12.7 Å². The first-order valence-corrected chi connectivity index (χ1v) is 3.54. The largest absolute Gasteiger partial charge is 0.481 e. The first-order chi connectivity index (χ1) is 4.67. The molecular weight excluding hydrogens is 128 g/mol. The number of aliphatic carboxylic acids is 1. The van der Waals surface area contributed by atoms with E-state index in [1.165, 1.54) is 0 Å². The number of rotatable bonds is 3. The molecule has 0 unspecified atom stereocenters. The Labute approximate surface area is 60.6 Å². The highest BCUT2D eigenvalue weighted by Gasteiger charge is 2.56. The molecule has 0 bridgehead atoms. The van der Waals surface area contributed by atoms with E-state index >= 15 is 0 Å². The second-order valence-electron chi connectivity index (χ2n) is 2.86. The van der Waals surface area contributed by atoms with Gasteiger partial charge in [-0.2, -0.15) is 0 Å². The van der Waals surface area contributed by atoms with Crippen molar-refractivity contribution in [3.63, 3.8) is 0 Å². The number of carbonyl (C=O) groups is 1. The van der Waals surface area contributed by atoms with Crippen molar-refractivity contribution in [2.75, 3.05) is 0 Å². The molecule has 0 aromatic heterocycles. The van der Waals surface area contributed by atoms with Crippen LogP contribution in [0.5, 0.6) is 0 Å². The summed E-state index contributed by atoms with van der Waals surface area (Å²) in [6.45, 7) is 5.55. The standard InChI is InChI=1S/C8H12O2/c1-3-6-5-8(6,4-2)7(9)10/h4,6H,2-3,5H2,1H3,(H,9,10)/t6-,8-/m0/s1. The highest BCUT2D eigenvalue weighted by atomic mass is 16.4. The molecule has 2 atom stereocenters. The van der Waals surface area contributed by atoms with Crippen LogP contribution in [0.4, 0.5) is 0 Å². The van der Waals surface area contributed by atoms with Gasteiger partial charge in [0.25, 0.3) is 0 Å². The number of hydrogen-bond donors (Lipinski definition) is 1. The van der Waals surface area contributed by atoms with Crippen molar-refractivity contribution < 1.29 is 9.90 Å². The summed E-state index contributed by atoms with van der Waals surface area (Å²) in [5.41, 5.74) is -0.561. The van der Waals surface area contributed by atoms with E-state index in [2.05, 4.69) is 6.58 Å². The van der Waals surface area contributed by atoms with E-state index in [0.717, 1.165) is 12.8 Å². The minimum Gasteiger partial charge on any atom is -0.481 e. The van der Waals surface area contributed by atoms with Crippen LogP contribution in [0.1, 0.15) is 19.8 Å². The van der Waals surface area contributed by atoms with E-state index in [0.29, 0.717) is 5.92 Å². The van der Waals surface area contributed by atoms with E-state index in [4.69, 9.17) is 5.11 Å². The molecule has 1 N–H and O–H groups in total. The molecule has 0 radical (unpaired) electrons. The Morgan fingerprint density at radius 3 is 2.70 bits per heavy atom. The number of carboxylic acid groups (broad SMARTS) is 1. The lowest BCUT2D eigenvalue weighted by Crippen LogP contribution is -2.13. The van der Waals surface area contributed by atoms with Gasteiger partial charge in [-0.25, -0.2) is 0 Å². The smallest absolute Gasteiger partial charge is 0.313 e. The maximum absolute atomic E-state index is 10.6. The summed E-state index contributed by atoms with van der Waals surface area (Å²) in [5, 5.41) is 8.73.